The van der Waals surface area contributed by atoms with E-state index in [2.05, 4.69) is 36.6 Å². The van der Waals surface area contributed by atoms with Crippen molar-refractivity contribution in [2.45, 2.75) is 16.8 Å². The zero-order valence-corrected chi connectivity index (χ0v) is 18.2. The summed E-state index contributed by atoms with van der Waals surface area (Å²) in [6.45, 7) is 2.35. The van der Waals surface area contributed by atoms with Gasteiger partial charge < -0.3 is 0 Å². The van der Waals surface area contributed by atoms with Crippen molar-refractivity contribution in [1.29, 1.82) is 0 Å². The van der Waals surface area contributed by atoms with Gasteiger partial charge in [-0.15, -0.1) is 0 Å². The first-order valence-corrected chi connectivity index (χ1v) is 9.58. The van der Waals surface area contributed by atoms with Crippen molar-refractivity contribution in [3.8, 4) is 9.75 Å². The largest absolute Gasteiger partial charge is 0 e. The summed E-state index contributed by atoms with van der Waals surface area (Å²) in [5.41, 5.74) is 0. The molecule has 0 saturated heterocycles. The van der Waals surface area contributed by atoms with Crippen LogP contribution in [0.3, 0.4) is 0 Å². The van der Waals surface area contributed by atoms with Crippen molar-refractivity contribution in [3.05, 3.63) is 34.5 Å². The van der Waals surface area contributed by atoms with Gasteiger partial charge in [0.15, 0.2) is 0 Å². The van der Waals surface area contributed by atoms with Gasteiger partial charge in [0.25, 0.3) is 0 Å². The van der Waals surface area contributed by atoms with E-state index in [4.69, 9.17) is 0 Å². The molecule has 0 aliphatic carbocycles. The summed E-state index contributed by atoms with van der Waals surface area (Å²) in [5, 5.41) is 2.15. The van der Waals surface area contributed by atoms with Gasteiger partial charge in [0.05, 0.1) is 0 Å². The molecule has 2 rings (SSSR count). The fraction of sp³-hybridized carbons (Fsp3) is 0.273. The quantitative estimate of drug-likeness (QED) is 0.624. The second-order valence-corrected chi connectivity index (χ2v) is 11.1. The van der Waals surface area contributed by atoms with Crippen LogP contribution in [0.15, 0.2) is 29.6 Å². The molecule has 2 aromatic heterocycles. The molecule has 2 heterocycles. The normalized spacial score (nSPS) is 12.2. The van der Waals surface area contributed by atoms with E-state index in [0.717, 1.165) is 29.5 Å². The molecule has 4 heteroatoms. The third-order valence-electron chi connectivity index (χ3n) is 1.98. The summed E-state index contributed by atoms with van der Waals surface area (Å²) in [5.74, 6) is 0. The fourth-order valence-corrected chi connectivity index (χ4v) is 5.41. The summed E-state index contributed by atoms with van der Waals surface area (Å²) in [6, 6.07) is 8.89. The van der Waals surface area contributed by atoms with Crippen molar-refractivity contribution in [1.82, 2.24) is 0 Å². The van der Waals surface area contributed by atoms with E-state index in [9.17, 15) is 0 Å². The summed E-state index contributed by atoms with van der Waals surface area (Å²) in [7, 11) is 0. The minimum atomic E-state index is 0. The Hall–Kier alpha value is 1.59. The Kier molecular flexibility index (Phi) is 6.96. The van der Waals surface area contributed by atoms with Crippen LogP contribution in [0.25, 0.3) is 9.75 Å². The minimum Gasteiger partial charge on any atom is 0 e. The standard InChI is InChI=1S/C11H11S2.Ca.Hg/c1-2-4-9-6-7-11(13-9)10-5-3-8-12-10;;/h2-3,5-8H,4H2,1H3;;. The molecule has 0 N–H and O–H groups in total. The van der Waals surface area contributed by atoms with Gasteiger partial charge in [-0.3, -0.25) is 0 Å². The molecular weight excluding hydrogens is 437 g/mol. The van der Waals surface area contributed by atoms with Crippen LogP contribution in [-0.4, -0.2) is 37.7 Å². The monoisotopic (exact) mass is 449 g/mol. The van der Waals surface area contributed by atoms with Gasteiger partial charge in [-0.05, 0) is 0 Å². The molecule has 0 spiro atoms. The Morgan fingerprint density at radius 1 is 1.27 bits per heavy atom. The van der Waals surface area contributed by atoms with Crippen molar-refractivity contribution in [2.24, 2.45) is 0 Å². The van der Waals surface area contributed by atoms with Crippen LogP contribution in [-0.2, 0) is 32.5 Å². The number of hydrogen-bond donors (Lipinski definition) is 0. The third kappa shape index (κ3) is 4.40. The first-order chi connectivity index (χ1) is 6.75. The molecule has 15 heavy (non-hydrogen) atoms. The molecule has 0 amide bonds. The van der Waals surface area contributed by atoms with E-state index in [-0.39, 0.29) is 37.7 Å². The van der Waals surface area contributed by atoms with Gasteiger partial charge in [0.2, 0.25) is 0 Å². The van der Waals surface area contributed by atoms with Crippen LogP contribution >= 0.6 is 22.7 Å². The number of rotatable bonds is 3. The Labute approximate surface area is 145 Å². The molecule has 0 saturated carbocycles. The summed E-state index contributed by atoms with van der Waals surface area (Å²) < 4.78 is 0.949. The average molecular weight is 448 g/mol. The fourth-order valence-electron chi connectivity index (χ4n) is 1.38. The minimum absolute atomic E-state index is 0. The molecule has 1 atom stereocenters. The van der Waals surface area contributed by atoms with Gasteiger partial charge in [-0.25, -0.2) is 0 Å². The zero-order valence-electron chi connectivity index (χ0n) is 8.90. The molecule has 0 nitrogen and oxygen atoms in total. The van der Waals surface area contributed by atoms with Crippen LogP contribution in [0.4, 0.5) is 0 Å². The Morgan fingerprint density at radius 2 is 2.07 bits per heavy atom. The smallest absolute Gasteiger partial charge is 0 e. The van der Waals surface area contributed by atoms with Crippen LogP contribution in [0.1, 0.15) is 11.8 Å². The first-order valence-electron chi connectivity index (χ1n) is 4.71. The van der Waals surface area contributed by atoms with E-state index in [1.54, 1.807) is 4.88 Å². The topological polar surface area (TPSA) is 0 Å². The molecule has 0 fully saturated rings. The van der Waals surface area contributed by atoms with E-state index in [0.29, 0.717) is 0 Å². The van der Waals surface area contributed by atoms with Crippen LogP contribution in [0, 0.1) is 0 Å². The molecule has 1 unspecified atom stereocenters. The Morgan fingerprint density at radius 3 is 2.67 bits per heavy atom. The maximum atomic E-state index is 2.35. The zero-order chi connectivity index (χ0) is 9.97. The van der Waals surface area contributed by atoms with Crippen molar-refractivity contribution in [2.75, 3.05) is 0 Å². The third-order valence-corrected chi connectivity index (χ3v) is 5.27. The van der Waals surface area contributed by atoms with Gasteiger partial charge in [-0.1, -0.05) is 0 Å². The van der Waals surface area contributed by atoms with Gasteiger partial charge in [-0.2, -0.15) is 0 Å². The molecular formula is C11H11CaHgS2. The summed E-state index contributed by atoms with van der Waals surface area (Å²) >= 11 is 4.70. The van der Waals surface area contributed by atoms with Crippen LogP contribution in [0.5, 0.6) is 0 Å². The molecule has 0 aromatic carbocycles. The van der Waals surface area contributed by atoms with E-state index < -0.39 is 0 Å². The first kappa shape index (κ1) is 14.7. The molecule has 0 bridgehead atoms. The second kappa shape index (κ2) is 7.12. The van der Waals surface area contributed by atoms with Gasteiger partial charge >= 0.3 is 110 Å². The molecule has 71 valence electrons. The summed E-state index contributed by atoms with van der Waals surface area (Å²) in [6.07, 6.45) is 1.29. The molecule has 0 aliphatic rings. The number of thiophene rings is 2. The van der Waals surface area contributed by atoms with Crippen molar-refractivity contribution >= 4 is 60.4 Å². The van der Waals surface area contributed by atoms with E-state index >= 15 is 0 Å². The summed E-state index contributed by atoms with van der Waals surface area (Å²) in [4.78, 5) is 4.40. The van der Waals surface area contributed by atoms with Gasteiger partial charge in [0.1, 0.15) is 0 Å². The maximum Gasteiger partial charge on any atom is 0 e. The number of hydrogen-bond acceptors (Lipinski definition) is 2. The van der Waals surface area contributed by atoms with Crippen molar-refractivity contribution < 1.29 is 26.1 Å². The van der Waals surface area contributed by atoms with Crippen molar-refractivity contribution in [3.63, 3.8) is 0 Å². The Bertz CT molecular complexity index is 392. The SMILES string of the molecule is C[CH]([Hg])Cc1ccc(-c2cccs2)s1.[Ca]. The van der Waals surface area contributed by atoms with Crippen LogP contribution in [0.2, 0.25) is 3.43 Å². The predicted molar refractivity (Wildman–Crippen MR) is 66.5 cm³/mol. The molecule has 2 aromatic rings. The molecule has 0 aliphatic heterocycles. The van der Waals surface area contributed by atoms with E-state index in [1.807, 2.05) is 22.7 Å². The van der Waals surface area contributed by atoms with Gasteiger partial charge in [0, 0.05) is 37.7 Å². The average Bonchev–Trinajstić information content (AvgIpc) is 2.69. The predicted octanol–water partition coefficient (Wildman–Crippen LogP) is 3.99. The van der Waals surface area contributed by atoms with Crippen LogP contribution < -0.4 is 0 Å². The maximum absolute atomic E-state index is 2.35. The Balaban J connectivity index is 0.00000112. The molecule has 2 radical (unpaired) electrons. The second-order valence-electron chi connectivity index (χ2n) is 3.55. The van der Waals surface area contributed by atoms with E-state index in [1.165, 1.54) is 16.2 Å².